The Balaban J connectivity index is 2.16. The summed E-state index contributed by atoms with van der Waals surface area (Å²) < 4.78 is 0.724. The lowest BCUT2D eigenvalue weighted by atomic mass is 10.1. The topological polar surface area (TPSA) is 53.4 Å². The van der Waals surface area contributed by atoms with E-state index >= 15 is 0 Å². The fraction of sp³-hybridized carbons (Fsp3) is 0.455. The number of aliphatic hydroxyl groups excluding tert-OH is 1. The van der Waals surface area contributed by atoms with Gasteiger partial charge in [-0.3, -0.25) is 4.79 Å². The average molecular weight is 320 g/mol. The molecule has 1 saturated heterocycles. The Morgan fingerprint density at radius 1 is 1.53 bits per heavy atom. The van der Waals surface area contributed by atoms with Crippen molar-refractivity contribution in [2.75, 3.05) is 13.1 Å². The van der Waals surface area contributed by atoms with Gasteiger partial charge in [0, 0.05) is 23.8 Å². The zero-order valence-electron chi connectivity index (χ0n) is 9.07. The zero-order chi connectivity index (χ0) is 12.4. The molecular weight excluding hydrogens is 307 g/mol. The van der Waals surface area contributed by atoms with Gasteiger partial charge in [-0.15, -0.1) is 0 Å². The van der Waals surface area contributed by atoms with Crippen LogP contribution in [0.3, 0.4) is 0 Å². The molecule has 1 amide bonds. The molecule has 0 atom stereocenters. The Labute approximate surface area is 113 Å². The molecule has 17 heavy (non-hydrogen) atoms. The van der Waals surface area contributed by atoms with Crippen LogP contribution in [-0.4, -0.2) is 40.1 Å². The molecule has 0 unspecified atom stereocenters. The summed E-state index contributed by atoms with van der Waals surface area (Å²) in [6.07, 6.45) is 2.49. The van der Waals surface area contributed by atoms with Gasteiger partial charge in [0.15, 0.2) is 0 Å². The first kappa shape index (κ1) is 12.8. The number of carbonyl (C=O) groups is 1. The lowest BCUT2D eigenvalue weighted by molar-refractivity contribution is 0.0546. The van der Waals surface area contributed by atoms with E-state index in [1.54, 1.807) is 17.2 Å². The molecule has 1 aliphatic heterocycles. The van der Waals surface area contributed by atoms with Crippen LogP contribution in [0.2, 0.25) is 5.15 Å². The van der Waals surface area contributed by atoms with Gasteiger partial charge >= 0.3 is 0 Å². The number of likely N-dealkylation sites (tertiary alicyclic amines) is 1. The van der Waals surface area contributed by atoms with Gasteiger partial charge in [-0.25, -0.2) is 4.98 Å². The molecule has 1 aliphatic rings. The second kappa shape index (κ2) is 5.33. The number of hydrogen-bond donors (Lipinski definition) is 1. The van der Waals surface area contributed by atoms with E-state index in [4.69, 9.17) is 11.6 Å². The molecule has 92 valence electrons. The van der Waals surface area contributed by atoms with Crippen molar-refractivity contribution in [2.45, 2.75) is 18.9 Å². The quantitative estimate of drug-likeness (QED) is 0.807. The maximum atomic E-state index is 12.2. The van der Waals surface area contributed by atoms with Gasteiger partial charge < -0.3 is 10.0 Å². The number of aromatic nitrogens is 1. The third-order valence-electron chi connectivity index (χ3n) is 2.79. The van der Waals surface area contributed by atoms with Crippen LogP contribution < -0.4 is 0 Å². The summed E-state index contributed by atoms with van der Waals surface area (Å²) in [5, 5.41) is 9.61. The van der Waals surface area contributed by atoms with Crippen molar-refractivity contribution in [1.29, 1.82) is 0 Å². The number of nitrogens with zero attached hydrogens (tertiary/aromatic N) is 2. The summed E-state index contributed by atoms with van der Waals surface area (Å²) >= 11 is 9.18. The fourth-order valence-electron chi connectivity index (χ4n) is 1.81. The molecule has 0 saturated carbocycles. The van der Waals surface area contributed by atoms with Gasteiger partial charge in [-0.05, 0) is 34.8 Å². The molecule has 1 fully saturated rings. The van der Waals surface area contributed by atoms with Crippen molar-refractivity contribution in [3.63, 3.8) is 0 Å². The first-order valence-corrected chi connectivity index (χ1v) is 6.53. The number of hydrogen-bond acceptors (Lipinski definition) is 3. The molecule has 0 aliphatic carbocycles. The molecular formula is C11H12BrClN2O2. The number of halogens is 2. The minimum Gasteiger partial charge on any atom is -0.393 e. The minimum absolute atomic E-state index is 0.129. The predicted octanol–water partition coefficient (Wildman–Crippen LogP) is 2.09. The molecule has 6 heteroatoms. The Morgan fingerprint density at radius 3 is 2.82 bits per heavy atom. The number of rotatable bonds is 1. The first-order valence-electron chi connectivity index (χ1n) is 5.36. The SMILES string of the molecule is O=C(c1cc(Br)cnc1Cl)N1CCC(O)CC1. The van der Waals surface area contributed by atoms with Crippen LogP contribution in [0.5, 0.6) is 0 Å². The van der Waals surface area contributed by atoms with E-state index < -0.39 is 0 Å². The monoisotopic (exact) mass is 318 g/mol. The van der Waals surface area contributed by atoms with Crippen molar-refractivity contribution in [3.8, 4) is 0 Å². The molecule has 4 nitrogen and oxygen atoms in total. The number of pyridine rings is 1. The van der Waals surface area contributed by atoms with Crippen LogP contribution in [0, 0.1) is 0 Å². The number of piperidine rings is 1. The highest BCUT2D eigenvalue weighted by Gasteiger charge is 2.24. The van der Waals surface area contributed by atoms with Crippen molar-refractivity contribution < 1.29 is 9.90 Å². The number of amides is 1. The van der Waals surface area contributed by atoms with Crippen molar-refractivity contribution in [2.24, 2.45) is 0 Å². The molecule has 0 radical (unpaired) electrons. The Morgan fingerprint density at radius 2 is 2.18 bits per heavy atom. The van der Waals surface area contributed by atoms with Gasteiger partial charge in [0.1, 0.15) is 5.15 Å². The Kier molecular flexibility index (Phi) is 4.01. The lowest BCUT2D eigenvalue weighted by Gasteiger charge is -2.29. The predicted molar refractivity (Wildman–Crippen MR) is 68.1 cm³/mol. The number of aliphatic hydroxyl groups is 1. The summed E-state index contributed by atoms with van der Waals surface area (Å²) in [5.41, 5.74) is 0.400. The summed E-state index contributed by atoms with van der Waals surface area (Å²) in [7, 11) is 0. The van der Waals surface area contributed by atoms with E-state index in [1.807, 2.05) is 0 Å². The number of carbonyl (C=O) groups excluding carboxylic acids is 1. The zero-order valence-corrected chi connectivity index (χ0v) is 11.4. The van der Waals surface area contributed by atoms with Gasteiger partial charge in [0.25, 0.3) is 5.91 Å². The molecule has 1 aromatic rings. The normalized spacial score (nSPS) is 17.2. The first-order chi connectivity index (χ1) is 8.08. The molecule has 1 N–H and O–H groups in total. The standard InChI is InChI=1S/C11H12BrClN2O2/c12-7-5-9(10(13)14-6-7)11(17)15-3-1-8(16)2-4-15/h5-6,8,16H,1-4H2. The summed E-state index contributed by atoms with van der Waals surface area (Å²) in [5.74, 6) is -0.129. The summed E-state index contributed by atoms with van der Waals surface area (Å²) in [4.78, 5) is 17.8. The van der Waals surface area contributed by atoms with Gasteiger partial charge in [-0.2, -0.15) is 0 Å². The largest absolute Gasteiger partial charge is 0.393 e. The molecule has 0 bridgehead atoms. The molecule has 0 aromatic carbocycles. The van der Waals surface area contributed by atoms with Gasteiger partial charge in [0.05, 0.1) is 11.7 Å². The van der Waals surface area contributed by atoms with E-state index in [1.165, 1.54) is 0 Å². The van der Waals surface area contributed by atoms with Crippen LogP contribution in [0.1, 0.15) is 23.2 Å². The van der Waals surface area contributed by atoms with Crippen LogP contribution >= 0.6 is 27.5 Å². The maximum Gasteiger partial charge on any atom is 0.257 e. The highest BCUT2D eigenvalue weighted by atomic mass is 79.9. The Hall–Kier alpha value is -0.650. The van der Waals surface area contributed by atoms with Crippen LogP contribution in [-0.2, 0) is 0 Å². The van der Waals surface area contributed by atoms with Crippen molar-refractivity contribution in [3.05, 3.63) is 27.5 Å². The van der Waals surface area contributed by atoms with E-state index in [0.29, 0.717) is 31.5 Å². The van der Waals surface area contributed by atoms with E-state index in [0.717, 1.165) is 4.47 Å². The third-order valence-corrected chi connectivity index (χ3v) is 3.52. The summed E-state index contributed by atoms with van der Waals surface area (Å²) in [6, 6.07) is 1.67. The van der Waals surface area contributed by atoms with Gasteiger partial charge in [0.2, 0.25) is 0 Å². The van der Waals surface area contributed by atoms with Crippen molar-refractivity contribution >= 4 is 33.4 Å². The van der Waals surface area contributed by atoms with E-state index in [2.05, 4.69) is 20.9 Å². The smallest absolute Gasteiger partial charge is 0.257 e. The highest BCUT2D eigenvalue weighted by Crippen LogP contribution is 2.21. The minimum atomic E-state index is -0.296. The van der Waals surface area contributed by atoms with Crippen LogP contribution in [0.15, 0.2) is 16.7 Å². The van der Waals surface area contributed by atoms with E-state index in [-0.39, 0.29) is 17.2 Å². The average Bonchev–Trinajstić information content (AvgIpc) is 2.32. The van der Waals surface area contributed by atoms with Gasteiger partial charge in [-0.1, -0.05) is 11.6 Å². The van der Waals surface area contributed by atoms with Crippen LogP contribution in [0.4, 0.5) is 0 Å². The van der Waals surface area contributed by atoms with E-state index in [9.17, 15) is 9.90 Å². The molecule has 0 spiro atoms. The Bertz CT molecular complexity index is 433. The molecule has 1 aromatic heterocycles. The second-order valence-electron chi connectivity index (χ2n) is 4.02. The maximum absolute atomic E-state index is 12.2. The second-order valence-corrected chi connectivity index (χ2v) is 5.29. The van der Waals surface area contributed by atoms with Crippen LogP contribution in [0.25, 0.3) is 0 Å². The third kappa shape index (κ3) is 2.97. The van der Waals surface area contributed by atoms with Crippen molar-refractivity contribution in [1.82, 2.24) is 9.88 Å². The molecule has 2 heterocycles. The fourth-order valence-corrected chi connectivity index (χ4v) is 2.33. The lowest BCUT2D eigenvalue weighted by Crippen LogP contribution is -2.40. The molecule has 2 rings (SSSR count). The highest BCUT2D eigenvalue weighted by molar-refractivity contribution is 9.10. The summed E-state index contributed by atoms with van der Waals surface area (Å²) in [6.45, 7) is 1.12.